The largest absolute Gasteiger partial charge is 0.507 e. The zero-order valence-electron chi connectivity index (χ0n) is 18.4. The number of hydrogen-bond acceptors (Lipinski definition) is 8. The monoisotopic (exact) mass is 477 g/mol. The number of aromatic hydroxyl groups is 1. The molecule has 0 spiro atoms. The lowest BCUT2D eigenvalue weighted by Gasteiger charge is -2.24. The van der Waals surface area contributed by atoms with Crippen molar-refractivity contribution in [2.24, 2.45) is 4.99 Å². The number of nitrogens with zero attached hydrogens (tertiary/aromatic N) is 2. The normalized spacial score (nSPS) is 23.2. The summed E-state index contributed by atoms with van der Waals surface area (Å²) in [4.78, 5) is 29.7. The molecule has 172 valence electrons. The Balaban J connectivity index is 1.66. The molecule has 0 aliphatic carbocycles. The van der Waals surface area contributed by atoms with Crippen LogP contribution in [0.5, 0.6) is 5.75 Å². The predicted octanol–water partition coefficient (Wildman–Crippen LogP) is 2.59. The van der Waals surface area contributed by atoms with Crippen LogP contribution in [0.15, 0.2) is 23.2 Å². The second-order valence-corrected chi connectivity index (χ2v) is 10.6. The predicted molar refractivity (Wildman–Crippen MR) is 127 cm³/mol. The first-order chi connectivity index (χ1) is 15.0. The molecule has 3 rings (SSSR count). The summed E-state index contributed by atoms with van der Waals surface area (Å²) in [5.74, 6) is 6.40. The summed E-state index contributed by atoms with van der Waals surface area (Å²) in [6.45, 7) is 5.51. The molecule has 0 unspecified atom stereocenters. The second kappa shape index (κ2) is 10.1. The van der Waals surface area contributed by atoms with Crippen LogP contribution in [0.4, 0.5) is 4.79 Å². The second-order valence-electron chi connectivity index (χ2n) is 8.45. The van der Waals surface area contributed by atoms with Crippen LogP contribution in [-0.4, -0.2) is 80.4 Å². The lowest BCUT2D eigenvalue weighted by atomic mass is 10.1. The zero-order valence-corrected chi connectivity index (χ0v) is 20.0. The molecule has 3 atom stereocenters. The number of hydrogen-bond donors (Lipinski definition) is 3. The third-order valence-corrected chi connectivity index (χ3v) is 7.39. The smallest absolute Gasteiger partial charge is 0.408 e. The van der Waals surface area contributed by atoms with Crippen LogP contribution in [0, 0.1) is 11.8 Å². The molecule has 1 saturated heterocycles. The molecule has 0 saturated carbocycles. The maximum absolute atomic E-state index is 11.7. The van der Waals surface area contributed by atoms with Gasteiger partial charge in [-0.15, -0.1) is 23.5 Å². The van der Waals surface area contributed by atoms with Gasteiger partial charge in [0, 0.05) is 22.6 Å². The van der Waals surface area contributed by atoms with E-state index in [0.29, 0.717) is 16.9 Å². The first-order valence-electron chi connectivity index (χ1n) is 10.1. The summed E-state index contributed by atoms with van der Waals surface area (Å²) in [6.07, 6.45) is -0.527. The topological polar surface area (TPSA) is 111 Å². The first-order valence-corrected chi connectivity index (χ1v) is 12.1. The number of phenols is 1. The lowest BCUT2D eigenvalue weighted by Crippen LogP contribution is -2.42. The number of thioether (sulfide) groups is 2. The SMILES string of the molecule is CN1[C@H](C(=O)O)CS[C@H]1[C@@H]1CSC(c2cc(C#CCNC(=O)OC(C)(C)C)ccc2O)=N1. The van der Waals surface area contributed by atoms with Crippen LogP contribution < -0.4 is 5.32 Å². The van der Waals surface area contributed by atoms with E-state index < -0.39 is 23.7 Å². The van der Waals surface area contributed by atoms with Gasteiger partial charge in [0.15, 0.2) is 0 Å². The molecule has 2 aliphatic rings. The van der Waals surface area contributed by atoms with E-state index in [1.807, 2.05) is 11.9 Å². The highest BCUT2D eigenvalue weighted by Crippen LogP contribution is 2.37. The van der Waals surface area contributed by atoms with Crippen molar-refractivity contribution < 1.29 is 24.5 Å². The van der Waals surface area contributed by atoms with Crippen molar-refractivity contribution in [2.45, 2.75) is 43.8 Å². The van der Waals surface area contributed by atoms with Crippen LogP contribution in [-0.2, 0) is 9.53 Å². The summed E-state index contributed by atoms with van der Waals surface area (Å²) in [7, 11) is 1.82. The molecule has 2 heterocycles. The Labute approximate surface area is 196 Å². The number of carbonyl (C=O) groups excluding carboxylic acids is 1. The van der Waals surface area contributed by atoms with E-state index in [9.17, 15) is 19.8 Å². The van der Waals surface area contributed by atoms with Crippen LogP contribution in [0.3, 0.4) is 0 Å². The number of amides is 1. The highest BCUT2D eigenvalue weighted by Gasteiger charge is 2.41. The van der Waals surface area contributed by atoms with Crippen molar-refractivity contribution in [1.29, 1.82) is 0 Å². The number of benzene rings is 1. The van der Waals surface area contributed by atoms with Crippen LogP contribution in [0.1, 0.15) is 31.9 Å². The van der Waals surface area contributed by atoms with Gasteiger partial charge in [0.1, 0.15) is 22.4 Å². The van der Waals surface area contributed by atoms with Crippen molar-refractivity contribution in [3.05, 3.63) is 29.3 Å². The summed E-state index contributed by atoms with van der Waals surface area (Å²) in [6, 6.07) is 4.50. The number of carboxylic acids is 1. The molecule has 0 bridgehead atoms. The van der Waals surface area contributed by atoms with Gasteiger partial charge in [0.05, 0.1) is 18.0 Å². The van der Waals surface area contributed by atoms with Crippen LogP contribution >= 0.6 is 23.5 Å². The average Bonchev–Trinajstić information content (AvgIpc) is 3.31. The summed E-state index contributed by atoms with van der Waals surface area (Å²) < 4.78 is 5.16. The number of ether oxygens (including phenoxy) is 1. The molecule has 2 aliphatic heterocycles. The fourth-order valence-electron chi connectivity index (χ4n) is 3.27. The highest BCUT2D eigenvalue weighted by molar-refractivity contribution is 8.14. The number of likely N-dealkylation sites (N-methyl/N-ethyl adjacent to an activating group) is 1. The number of rotatable bonds is 4. The maximum atomic E-state index is 11.7. The molecule has 1 aromatic carbocycles. The summed E-state index contributed by atoms with van der Waals surface area (Å²) in [5, 5.41) is 23.0. The molecular weight excluding hydrogens is 450 g/mol. The molecule has 1 amide bonds. The average molecular weight is 478 g/mol. The number of aliphatic imine (C=N–C) groups is 1. The van der Waals surface area contributed by atoms with Gasteiger partial charge in [-0.05, 0) is 46.0 Å². The zero-order chi connectivity index (χ0) is 23.5. The van der Waals surface area contributed by atoms with Gasteiger partial charge in [-0.25, -0.2) is 4.79 Å². The Bertz CT molecular complexity index is 980. The molecule has 8 nitrogen and oxygen atoms in total. The van der Waals surface area contributed by atoms with Crippen molar-refractivity contribution in [1.82, 2.24) is 10.2 Å². The fourth-order valence-corrected chi connectivity index (χ4v) is 6.03. The fraction of sp³-hybridized carbons (Fsp3) is 0.500. The van der Waals surface area contributed by atoms with Crippen LogP contribution in [0.25, 0.3) is 0 Å². The van der Waals surface area contributed by atoms with E-state index in [1.165, 1.54) is 0 Å². The van der Waals surface area contributed by atoms with E-state index in [0.717, 1.165) is 10.8 Å². The van der Waals surface area contributed by atoms with Gasteiger partial charge in [-0.2, -0.15) is 0 Å². The quantitative estimate of drug-likeness (QED) is 0.568. The van der Waals surface area contributed by atoms with E-state index >= 15 is 0 Å². The Hall–Kier alpha value is -2.35. The molecule has 3 N–H and O–H groups in total. The van der Waals surface area contributed by atoms with E-state index in [-0.39, 0.29) is 23.7 Å². The van der Waals surface area contributed by atoms with Gasteiger partial charge < -0.3 is 20.3 Å². The third kappa shape index (κ3) is 6.12. The molecule has 0 aromatic heterocycles. The van der Waals surface area contributed by atoms with Gasteiger partial charge in [-0.1, -0.05) is 11.8 Å². The Kier molecular flexibility index (Phi) is 7.64. The minimum atomic E-state index is -0.817. The summed E-state index contributed by atoms with van der Waals surface area (Å²) >= 11 is 3.15. The Morgan fingerprint density at radius 3 is 2.75 bits per heavy atom. The molecule has 32 heavy (non-hydrogen) atoms. The first kappa shape index (κ1) is 24.3. The molecular formula is C22H27N3O5S2. The Morgan fingerprint density at radius 2 is 2.09 bits per heavy atom. The number of nitrogens with one attached hydrogen (secondary N) is 1. The van der Waals surface area contributed by atoms with Crippen molar-refractivity contribution in [3.63, 3.8) is 0 Å². The minimum Gasteiger partial charge on any atom is -0.507 e. The number of carbonyl (C=O) groups is 2. The van der Waals surface area contributed by atoms with E-state index in [1.54, 1.807) is 62.5 Å². The number of phenolic OH excluding ortho intramolecular Hbond substituents is 1. The highest BCUT2D eigenvalue weighted by atomic mass is 32.2. The Morgan fingerprint density at radius 1 is 1.34 bits per heavy atom. The van der Waals surface area contributed by atoms with Gasteiger partial charge in [-0.3, -0.25) is 14.7 Å². The maximum Gasteiger partial charge on any atom is 0.408 e. The molecule has 1 aromatic rings. The van der Waals surface area contributed by atoms with E-state index in [2.05, 4.69) is 17.2 Å². The van der Waals surface area contributed by atoms with Crippen LogP contribution in [0.2, 0.25) is 0 Å². The standard InChI is InChI=1S/C22H27N3O5S2/c1-22(2,3)30-21(29)23-9-5-6-13-7-8-17(26)14(10-13)18-24-15(11-31-18)19-25(4)16(12-32-19)20(27)28/h7-8,10,15-16,19,26H,9,11-12H2,1-4H3,(H,23,29)(H,27,28)/t15-,16-,19-/m0/s1. The minimum absolute atomic E-state index is 0.00912. The number of aliphatic carboxylic acids is 1. The van der Waals surface area contributed by atoms with E-state index in [4.69, 9.17) is 9.73 Å². The van der Waals surface area contributed by atoms with Crippen molar-refractivity contribution >= 4 is 40.6 Å². The lowest BCUT2D eigenvalue weighted by molar-refractivity contribution is -0.141. The van der Waals surface area contributed by atoms with Gasteiger partial charge in [0.25, 0.3) is 0 Å². The number of carboxylic acid groups (broad SMARTS) is 1. The molecule has 10 heteroatoms. The van der Waals surface area contributed by atoms with Crippen molar-refractivity contribution in [3.8, 4) is 17.6 Å². The third-order valence-electron chi connectivity index (χ3n) is 4.79. The van der Waals surface area contributed by atoms with Crippen molar-refractivity contribution in [2.75, 3.05) is 25.1 Å². The van der Waals surface area contributed by atoms with Gasteiger partial charge >= 0.3 is 12.1 Å². The molecule has 0 radical (unpaired) electrons. The molecule has 1 fully saturated rings. The van der Waals surface area contributed by atoms with Gasteiger partial charge in [0.2, 0.25) is 0 Å². The number of alkyl carbamates (subject to hydrolysis) is 1. The summed E-state index contributed by atoms with van der Waals surface area (Å²) in [5.41, 5.74) is 0.722.